The zero-order chi connectivity index (χ0) is 13.1. The summed E-state index contributed by atoms with van der Waals surface area (Å²) in [7, 11) is 0. The summed E-state index contributed by atoms with van der Waals surface area (Å²) in [6.07, 6.45) is 18.9. The van der Waals surface area contributed by atoms with Gasteiger partial charge in [-0.05, 0) is 39.0 Å². The van der Waals surface area contributed by atoms with Gasteiger partial charge in [-0.3, -0.25) is 0 Å². The fraction of sp³-hybridized carbons (Fsp3) is 0.882. The third-order valence-corrected chi connectivity index (χ3v) is 4.11. The SMILES string of the molecule is C/C1=C/CCCCCCCCCCCC(O)CC1. The van der Waals surface area contributed by atoms with E-state index in [0.29, 0.717) is 0 Å². The van der Waals surface area contributed by atoms with E-state index < -0.39 is 0 Å². The maximum Gasteiger partial charge on any atom is 0.0543 e. The van der Waals surface area contributed by atoms with Crippen LogP contribution in [0, 0.1) is 0 Å². The number of allylic oxidation sites excluding steroid dienone is 2. The average Bonchev–Trinajstić information content (AvgIpc) is 2.36. The largest absolute Gasteiger partial charge is 0.393 e. The molecular formula is C17H32O. The Morgan fingerprint density at radius 1 is 0.833 bits per heavy atom. The van der Waals surface area contributed by atoms with Crippen molar-refractivity contribution < 1.29 is 5.11 Å². The Kier molecular flexibility index (Phi) is 9.28. The van der Waals surface area contributed by atoms with E-state index in [4.69, 9.17) is 0 Å². The smallest absolute Gasteiger partial charge is 0.0543 e. The molecule has 18 heavy (non-hydrogen) atoms. The topological polar surface area (TPSA) is 20.2 Å². The first-order chi connectivity index (χ1) is 8.79. The lowest BCUT2D eigenvalue weighted by Crippen LogP contribution is -2.06. The monoisotopic (exact) mass is 252 g/mol. The molecule has 1 heteroatoms. The number of hydrogen-bond donors (Lipinski definition) is 1. The molecule has 0 aromatic carbocycles. The molecule has 0 amide bonds. The van der Waals surface area contributed by atoms with Gasteiger partial charge in [0.05, 0.1) is 6.10 Å². The van der Waals surface area contributed by atoms with Crippen LogP contribution < -0.4 is 0 Å². The van der Waals surface area contributed by atoms with Crippen molar-refractivity contribution in [3.8, 4) is 0 Å². The Hall–Kier alpha value is -0.300. The molecule has 0 aliphatic heterocycles. The maximum absolute atomic E-state index is 9.91. The first-order valence-corrected chi connectivity index (χ1v) is 8.13. The summed E-state index contributed by atoms with van der Waals surface area (Å²) in [6.45, 7) is 2.22. The molecule has 0 aromatic heterocycles. The molecule has 0 bridgehead atoms. The van der Waals surface area contributed by atoms with Gasteiger partial charge in [0, 0.05) is 0 Å². The summed E-state index contributed by atoms with van der Waals surface area (Å²) in [5, 5.41) is 9.91. The third-order valence-electron chi connectivity index (χ3n) is 4.11. The standard InChI is InChI=1S/C17H32O/c1-16-12-10-8-6-4-2-3-5-7-9-11-13-17(18)15-14-16/h12,17-18H,2-11,13-15H2,1H3/b16-12-. The van der Waals surface area contributed by atoms with E-state index in [9.17, 15) is 5.11 Å². The van der Waals surface area contributed by atoms with Crippen molar-refractivity contribution in [3.63, 3.8) is 0 Å². The second-order valence-corrected chi connectivity index (χ2v) is 6.00. The molecular weight excluding hydrogens is 220 g/mol. The lowest BCUT2D eigenvalue weighted by molar-refractivity contribution is 0.151. The molecule has 0 saturated heterocycles. The molecule has 0 heterocycles. The van der Waals surface area contributed by atoms with Crippen molar-refractivity contribution in [3.05, 3.63) is 11.6 Å². The lowest BCUT2D eigenvalue weighted by Gasteiger charge is -2.11. The number of rotatable bonds is 0. The van der Waals surface area contributed by atoms with Gasteiger partial charge in [-0.25, -0.2) is 0 Å². The Balaban J connectivity index is 2.27. The number of aliphatic hydroxyl groups excluding tert-OH is 1. The van der Waals surface area contributed by atoms with Crippen molar-refractivity contribution in [2.75, 3.05) is 0 Å². The third kappa shape index (κ3) is 8.74. The van der Waals surface area contributed by atoms with Crippen LogP contribution >= 0.6 is 0 Å². The van der Waals surface area contributed by atoms with Gasteiger partial charge in [-0.1, -0.05) is 63.0 Å². The van der Waals surface area contributed by atoms with Crippen molar-refractivity contribution >= 4 is 0 Å². The van der Waals surface area contributed by atoms with Crippen LogP contribution in [-0.4, -0.2) is 11.2 Å². The van der Waals surface area contributed by atoms with Gasteiger partial charge in [-0.15, -0.1) is 0 Å². The van der Waals surface area contributed by atoms with Crippen LogP contribution in [0.15, 0.2) is 11.6 Å². The molecule has 0 fully saturated rings. The zero-order valence-electron chi connectivity index (χ0n) is 12.3. The Bertz CT molecular complexity index is 220. The zero-order valence-corrected chi connectivity index (χ0v) is 12.3. The average molecular weight is 252 g/mol. The minimum atomic E-state index is -0.0683. The van der Waals surface area contributed by atoms with E-state index in [1.807, 2.05) is 0 Å². The fourth-order valence-corrected chi connectivity index (χ4v) is 2.75. The normalized spacial score (nSPS) is 29.4. The van der Waals surface area contributed by atoms with E-state index in [0.717, 1.165) is 19.3 Å². The van der Waals surface area contributed by atoms with Gasteiger partial charge < -0.3 is 5.11 Å². The molecule has 1 aliphatic rings. The Labute approximate surface area is 114 Å². The first-order valence-electron chi connectivity index (χ1n) is 8.13. The van der Waals surface area contributed by atoms with E-state index in [1.165, 1.54) is 69.8 Å². The summed E-state index contributed by atoms with van der Waals surface area (Å²) in [6, 6.07) is 0. The molecule has 106 valence electrons. The summed E-state index contributed by atoms with van der Waals surface area (Å²) < 4.78 is 0. The molecule has 0 saturated carbocycles. The summed E-state index contributed by atoms with van der Waals surface area (Å²) in [5.41, 5.74) is 1.47. The van der Waals surface area contributed by atoms with Crippen LogP contribution in [-0.2, 0) is 0 Å². The first kappa shape index (κ1) is 15.8. The van der Waals surface area contributed by atoms with Crippen LogP contribution in [0.1, 0.15) is 90.4 Å². The number of hydrogen-bond acceptors (Lipinski definition) is 1. The van der Waals surface area contributed by atoms with Crippen LogP contribution in [0.4, 0.5) is 0 Å². The highest BCUT2D eigenvalue weighted by molar-refractivity contribution is 4.98. The summed E-state index contributed by atoms with van der Waals surface area (Å²) >= 11 is 0. The minimum Gasteiger partial charge on any atom is -0.393 e. The van der Waals surface area contributed by atoms with Crippen LogP contribution in [0.5, 0.6) is 0 Å². The molecule has 0 radical (unpaired) electrons. The van der Waals surface area contributed by atoms with E-state index >= 15 is 0 Å². The van der Waals surface area contributed by atoms with Gasteiger partial charge in [0.25, 0.3) is 0 Å². The minimum absolute atomic E-state index is 0.0683. The van der Waals surface area contributed by atoms with Gasteiger partial charge in [0.2, 0.25) is 0 Å². The highest BCUT2D eigenvalue weighted by Gasteiger charge is 2.04. The molecule has 0 spiro atoms. The van der Waals surface area contributed by atoms with E-state index in [-0.39, 0.29) is 6.10 Å². The second-order valence-electron chi connectivity index (χ2n) is 6.00. The highest BCUT2D eigenvalue weighted by atomic mass is 16.3. The molecule has 1 nitrogen and oxygen atoms in total. The quantitative estimate of drug-likeness (QED) is 0.574. The van der Waals surface area contributed by atoms with E-state index in [2.05, 4.69) is 13.0 Å². The van der Waals surface area contributed by atoms with Crippen molar-refractivity contribution in [2.24, 2.45) is 0 Å². The van der Waals surface area contributed by atoms with Crippen molar-refractivity contribution in [2.45, 2.75) is 96.5 Å². The summed E-state index contributed by atoms with van der Waals surface area (Å²) in [5.74, 6) is 0. The van der Waals surface area contributed by atoms with Crippen LogP contribution in [0.25, 0.3) is 0 Å². The van der Waals surface area contributed by atoms with Crippen LogP contribution in [0.3, 0.4) is 0 Å². The molecule has 1 N–H and O–H groups in total. The van der Waals surface area contributed by atoms with Crippen molar-refractivity contribution in [1.82, 2.24) is 0 Å². The summed E-state index contributed by atoms with van der Waals surface area (Å²) in [4.78, 5) is 0. The Morgan fingerprint density at radius 2 is 1.39 bits per heavy atom. The number of aliphatic hydroxyl groups is 1. The molecule has 1 rings (SSSR count). The Morgan fingerprint density at radius 3 is 2.06 bits per heavy atom. The maximum atomic E-state index is 9.91. The predicted octanol–water partition coefficient (Wildman–Crippen LogP) is 5.38. The highest BCUT2D eigenvalue weighted by Crippen LogP contribution is 2.16. The molecule has 0 aromatic rings. The second kappa shape index (κ2) is 10.6. The lowest BCUT2D eigenvalue weighted by atomic mass is 10.00. The van der Waals surface area contributed by atoms with Crippen LogP contribution in [0.2, 0.25) is 0 Å². The molecule has 1 atom stereocenters. The van der Waals surface area contributed by atoms with Crippen molar-refractivity contribution in [1.29, 1.82) is 0 Å². The fourth-order valence-electron chi connectivity index (χ4n) is 2.75. The van der Waals surface area contributed by atoms with Gasteiger partial charge in [-0.2, -0.15) is 0 Å². The van der Waals surface area contributed by atoms with E-state index in [1.54, 1.807) is 0 Å². The predicted molar refractivity (Wildman–Crippen MR) is 79.8 cm³/mol. The van der Waals surface area contributed by atoms with Gasteiger partial charge >= 0.3 is 0 Å². The molecule has 1 aliphatic carbocycles. The van der Waals surface area contributed by atoms with Gasteiger partial charge in [0.15, 0.2) is 0 Å². The molecule has 1 unspecified atom stereocenters. The van der Waals surface area contributed by atoms with Gasteiger partial charge in [0.1, 0.15) is 0 Å².